The zero-order chi connectivity index (χ0) is 44.9. The molecule has 61 heavy (non-hydrogen) atoms. The number of Topliss-reactive ketones (excluding diaryl/α,β-unsaturated/α-hetero) is 2. The molecule has 9 atom stereocenters. The molecule has 0 aromatic heterocycles. The van der Waals surface area contributed by atoms with E-state index < -0.39 is 88.7 Å². The number of nitrogens with one attached hydrogen (secondary N) is 2. The first-order valence-corrected chi connectivity index (χ1v) is 20.9. The van der Waals surface area contributed by atoms with Crippen LogP contribution >= 0.6 is 0 Å². The van der Waals surface area contributed by atoms with Gasteiger partial charge in [-0.25, -0.2) is 0 Å². The molecule has 0 saturated carbocycles. The fourth-order valence-electron chi connectivity index (χ4n) is 9.00. The van der Waals surface area contributed by atoms with Crippen molar-refractivity contribution >= 4 is 35.1 Å². The maximum Gasteiger partial charge on any atom is 0.312 e. The van der Waals surface area contributed by atoms with Crippen molar-refractivity contribution in [3.63, 3.8) is 0 Å². The molecule has 5 bridgehead atoms. The van der Waals surface area contributed by atoms with Crippen LogP contribution in [0.4, 0.5) is 0 Å². The number of aromatic hydroxyl groups is 1. The quantitative estimate of drug-likeness (QED) is 0.273. The smallest absolute Gasteiger partial charge is 0.312 e. The van der Waals surface area contributed by atoms with E-state index >= 15 is 0 Å². The lowest BCUT2D eigenvalue weighted by Crippen LogP contribution is -2.51. The molecule has 16 nitrogen and oxygen atoms in total. The number of methoxy groups -OCH3 is 1. The van der Waals surface area contributed by atoms with Gasteiger partial charge in [-0.1, -0.05) is 52.8 Å². The summed E-state index contributed by atoms with van der Waals surface area (Å²) in [6, 6.07) is 0. The molecule has 5 aliphatic heterocycles. The predicted molar refractivity (Wildman–Crippen MR) is 222 cm³/mol. The summed E-state index contributed by atoms with van der Waals surface area (Å²) in [5.41, 5.74) is -0.836. The first-order valence-electron chi connectivity index (χ1n) is 20.9. The summed E-state index contributed by atoms with van der Waals surface area (Å²) >= 11 is 0. The van der Waals surface area contributed by atoms with Crippen LogP contribution < -0.4 is 15.4 Å². The number of aliphatic imine (C=N–C) groups is 1. The van der Waals surface area contributed by atoms with E-state index in [0.29, 0.717) is 32.4 Å². The number of likely N-dealkylation sites (tertiary alicyclic amines) is 1. The van der Waals surface area contributed by atoms with Gasteiger partial charge < -0.3 is 49.8 Å². The van der Waals surface area contributed by atoms with Crippen molar-refractivity contribution in [3.8, 4) is 11.5 Å². The summed E-state index contributed by atoms with van der Waals surface area (Å²) in [5.74, 6) is -7.61. The van der Waals surface area contributed by atoms with Crippen molar-refractivity contribution in [2.24, 2.45) is 28.7 Å². The van der Waals surface area contributed by atoms with E-state index in [-0.39, 0.29) is 56.6 Å². The summed E-state index contributed by atoms with van der Waals surface area (Å²) in [6.07, 6.45) is 4.74. The largest absolute Gasteiger partial charge is 0.507 e. The van der Waals surface area contributed by atoms with Crippen molar-refractivity contribution in [2.45, 2.75) is 117 Å². The predicted octanol–water partition coefficient (Wildman–Crippen LogP) is 3.90. The summed E-state index contributed by atoms with van der Waals surface area (Å²) in [7, 11) is 1.45. The number of aliphatic hydroxyl groups excluding tert-OH is 2. The molecular formula is C45H58N4O12. The Morgan fingerprint density at radius 1 is 0.967 bits per heavy atom. The first kappa shape index (κ1) is 45.2. The number of hydrogen-bond acceptors (Lipinski definition) is 14. The number of phenols is 1. The number of aliphatic hydroxyl groups is 2. The number of piperidine rings is 1. The number of rotatable bonds is 3. The lowest BCUT2D eigenvalue weighted by atomic mass is 9.78. The molecule has 6 aliphatic rings. The Morgan fingerprint density at radius 3 is 2.26 bits per heavy atom. The summed E-state index contributed by atoms with van der Waals surface area (Å²) < 4.78 is 23.9. The van der Waals surface area contributed by atoms with Crippen molar-refractivity contribution in [1.82, 2.24) is 15.5 Å². The number of ether oxygens (including phenoxy) is 4. The fourth-order valence-corrected chi connectivity index (χ4v) is 9.00. The lowest BCUT2D eigenvalue weighted by molar-refractivity contribution is -0.160. The third kappa shape index (κ3) is 8.12. The minimum Gasteiger partial charge on any atom is -0.507 e. The fraction of sp³-hybridized carbons (Fsp3) is 0.556. The van der Waals surface area contributed by atoms with Crippen LogP contribution in [-0.4, -0.2) is 111 Å². The SMILES string of the molecule is CCC(=O)N1CCC2(CC1)N=C1C(=C3NC(=O)/C(C)=C\C=C\C(C)C(O)C(C)C(O)C(C)C(OC(C)=O)C(C)C(OC)/C=C/OC4(C)Oc5c(C)c(O)c(c1c5C4=O)C3=O)N2. The standard InChI is InChI=1S/C45H58N4O12/c1-11-29(51)49-18-16-45(17-19-49)47-33-30-31-38(54)26(7)41-32(30)42(56)44(9,61-41)59-20-15-28(58-10)23(4)40(60-27(8)50)25(6)37(53)24(5)36(52)21(2)13-12-14-22(3)43(57)46-35(39(31)55)34(33)48-45/h12-15,20-21,23-25,28,36-37,40,48,52-54H,11,16-19H2,1-10H3,(H,46,57)/b13-12+,20-15+,22-14-. The average Bonchev–Trinajstić information content (AvgIpc) is 3.73. The molecule has 1 fully saturated rings. The minimum atomic E-state index is -2.01. The summed E-state index contributed by atoms with van der Waals surface area (Å²) in [5, 5.41) is 40.8. The molecule has 1 aromatic carbocycles. The van der Waals surface area contributed by atoms with Crippen LogP contribution in [0.2, 0.25) is 0 Å². The maximum absolute atomic E-state index is 14.7. The van der Waals surface area contributed by atoms with E-state index in [2.05, 4.69) is 10.6 Å². The number of fused-ring (bicyclic) bond motifs is 13. The van der Waals surface area contributed by atoms with E-state index in [1.54, 1.807) is 58.6 Å². The zero-order valence-corrected chi connectivity index (χ0v) is 36.5. The summed E-state index contributed by atoms with van der Waals surface area (Å²) in [6.45, 7) is 15.2. The van der Waals surface area contributed by atoms with Gasteiger partial charge in [0.15, 0.2) is 0 Å². The Hall–Kier alpha value is -5.32. The molecule has 16 heteroatoms. The van der Waals surface area contributed by atoms with E-state index in [0.717, 1.165) is 0 Å². The van der Waals surface area contributed by atoms with Crippen molar-refractivity contribution in [3.05, 3.63) is 69.8 Å². The number of benzene rings is 1. The number of ketones is 2. The number of phenolic OH excluding ortho intramolecular Hbond substituents is 1. The van der Waals surface area contributed by atoms with E-state index in [9.17, 15) is 39.3 Å². The van der Waals surface area contributed by atoms with Crippen LogP contribution in [0.1, 0.15) is 106 Å². The average molecular weight is 847 g/mol. The Balaban J connectivity index is 1.50. The Labute approximate surface area is 355 Å². The molecule has 7 rings (SSSR count). The van der Waals surface area contributed by atoms with Crippen molar-refractivity contribution < 1.29 is 58.2 Å². The highest BCUT2D eigenvalue weighted by Gasteiger charge is 2.54. The van der Waals surface area contributed by atoms with Crippen LogP contribution in [0, 0.1) is 30.6 Å². The molecule has 330 valence electrons. The monoisotopic (exact) mass is 846 g/mol. The number of carbonyl (C=O) groups is 5. The first-order chi connectivity index (χ1) is 28.7. The highest BCUT2D eigenvalue weighted by Crippen LogP contribution is 2.50. The van der Waals surface area contributed by atoms with E-state index in [1.807, 2.05) is 0 Å². The molecule has 5 heterocycles. The minimum absolute atomic E-state index is 0.00927. The van der Waals surface area contributed by atoms with Crippen molar-refractivity contribution in [2.75, 3.05) is 20.2 Å². The van der Waals surface area contributed by atoms with E-state index in [1.165, 1.54) is 46.3 Å². The van der Waals surface area contributed by atoms with Crippen LogP contribution in [0.5, 0.6) is 11.5 Å². The van der Waals surface area contributed by atoms with Crippen LogP contribution in [0.3, 0.4) is 0 Å². The van der Waals surface area contributed by atoms with Gasteiger partial charge in [-0.3, -0.25) is 29.0 Å². The molecule has 1 aromatic rings. The van der Waals surface area contributed by atoms with Crippen LogP contribution in [0.15, 0.2) is 52.5 Å². The number of allylic oxidation sites excluding steroid dienone is 4. The van der Waals surface area contributed by atoms with Gasteiger partial charge in [0.05, 0.1) is 47.1 Å². The molecular weight excluding hydrogens is 789 g/mol. The third-order valence-electron chi connectivity index (χ3n) is 12.9. The molecule has 9 unspecified atom stereocenters. The normalized spacial score (nSPS) is 33.4. The molecule has 2 amide bonds. The van der Waals surface area contributed by atoms with Crippen molar-refractivity contribution in [1.29, 1.82) is 0 Å². The number of esters is 1. The van der Waals surface area contributed by atoms with Gasteiger partial charge >= 0.3 is 11.8 Å². The summed E-state index contributed by atoms with van der Waals surface area (Å²) in [4.78, 5) is 75.0. The van der Waals surface area contributed by atoms with Gasteiger partial charge in [0, 0.05) is 93.7 Å². The maximum atomic E-state index is 14.7. The molecule has 1 spiro atoms. The second-order valence-corrected chi connectivity index (χ2v) is 17.1. The molecule has 1 aliphatic carbocycles. The Bertz CT molecular complexity index is 2160. The van der Waals surface area contributed by atoms with E-state index in [4.69, 9.17) is 23.9 Å². The number of hydrogen-bond donors (Lipinski definition) is 5. The number of carbonyl (C=O) groups excluding carboxylic acids is 5. The zero-order valence-electron chi connectivity index (χ0n) is 36.5. The van der Waals surface area contributed by atoms with Gasteiger partial charge in [0.2, 0.25) is 11.7 Å². The topological polar surface area (TPSA) is 223 Å². The molecule has 0 radical (unpaired) electrons. The lowest BCUT2D eigenvalue weighted by Gasteiger charge is -2.38. The highest BCUT2D eigenvalue weighted by molar-refractivity contribution is 6.34. The Kier molecular flexibility index (Phi) is 12.8. The number of nitrogens with zero attached hydrogens (tertiary/aromatic N) is 2. The van der Waals surface area contributed by atoms with Gasteiger partial charge in [0.1, 0.15) is 29.0 Å². The molecule has 5 N–H and O–H groups in total. The second-order valence-electron chi connectivity index (χ2n) is 17.1. The molecule has 1 saturated heterocycles. The van der Waals surface area contributed by atoms with Gasteiger partial charge in [-0.05, 0) is 19.9 Å². The van der Waals surface area contributed by atoms with Crippen LogP contribution in [-0.2, 0) is 28.6 Å². The third-order valence-corrected chi connectivity index (χ3v) is 12.9. The number of amides is 2. The van der Waals surface area contributed by atoms with Gasteiger partial charge in [0.25, 0.3) is 11.7 Å². The highest BCUT2D eigenvalue weighted by atomic mass is 16.7. The van der Waals surface area contributed by atoms with Gasteiger partial charge in [-0.2, -0.15) is 0 Å². The van der Waals surface area contributed by atoms with Crippen LogP contribution in [0.25, 0.3) is 0 Å². The van der Waals surface area contributed by atoms with Gasteiger partial charge in [-0.15, -0.1) is 0 Å². The second kappa shape index (κ2) is 17.2. The Morgan fingerprint density at radius 2 is 1.64 bits per heavy atom.